The van der Waals surface area contributed by atoms with Crippen LogP contribution >= 0.6 is 0 Å². The molecule has 0 atom stereocenters. The maximum Gasteiger partial charge on any atom is 0.0540 e. The molecule has 7 aromatic carbocycles. The Balaban J connectivity index is 1.07. The lowest BCUT2D eigenvalue weighted by Crippen LogP contribution is -2.43. The first kappa shape index (κ1) is 33.7. The minimum atomic E-state index is -0.153. The number of benzene rings is 7. The van der Waals surface area contributed by atoms with Gasteiger partial charge in [0.25, 0.3) is 0 Å². The van der Waals surface area contributed by atoms with Gasteiger partial charge in [0, 0.05) is 22.4 Å². The van der Waals surface area contributed by atoms with E-state index < -0.39 is 0 Å². The van der Waals surface area contributed by atoms with E-state index in [4.69, 9.17) is 0 Å². The first-order valence-corrected chi connectivity index (χ1v) is 21.0. The maximum atomic E-state index is 2.54. The standard InChI is InChI=1S/C55H49N/c1-55(2)50-22-13-21-46(39-16-7-4-8-17-39)54(50)49-29-28-44(35-51(49)55)56(43-26-24-40(25-27-43)53-41-31-36-30-37(33-41)34-42(53)32-36)52-23-12-11-20-48(52)47-19-10-9-18-45(47)38-14-5-3-6-15-38/h3-29,35-37,41-42,53H,30-34H2,1-2H3. The lowest BCUT2D eigenvalue weighted by molar-refractivity contribution is -0.00277. The van der Waals surface area contributed by atoms with Gasteiger partial charge in [0.05, 0.1) is 5.69 Å². The van der Waals surface area contributed by atoms with Crippen LogP contribution in [0, 0.1) is 23.7 Å². The highest BCUT2D eigenvalue weighted by Gasteiger charge is 2.48. The average molecular weight is 724 g/mol. The van der Waals surface area contributed by atoms with Crippen molar-refractivity contribution in [2.45, 2.75) is 57.3 Å². The molecule has 0 spiro atoms. The van der Waals surface area contributed by atoms with Gasteiger partial charge in [-0.1, -0.05) is 153 Å². The first-order chi connectivity index (χ1) is 27.5. The van der Waals surface area contributed by atoms with Crippen molar-refractivity contribution < 1.29 is 0 Å². The largest absolute Gasteiger partial charge is 0.310 e. The zero-order valence-corrected chi connectivity index (χ0v) is 32.5. The summed E-state index contributed by atoms with van der Waals surface area (Å²) in [4.78, 5) is 2.54. The fourth-order valence-corrected chi connectivity index (χ4v) is 12.0. The Morgan fingerprint density at radius 2 is 0.982 bits per heavy atom. The van der Waals surface area contributed by atoms with Crippen molar-refractivity contribution in [1.82, 2.24) is 0 Å². The van der Waals surface area contributed by atoms with Crippen molar-refractivity contribution >= 4 is 17.1 Å². The molecule has 4 fully saturated rings. The van der Waals surface area contributed by atoms with Crippen molar-refractivity contribution in [2.24, 2.45) is 23.7 Å². The summed E-state index contributed by atoms with van der Waals surface area (Å²) in [6.45, 7) is 4.81. The number of anilines is 3. The van der Waals surface area contributed by atoms with Crippen molar-refractivity contribution in [3.8, 4) is 44.5 Å². The molecule has 7 aromatic rings. The predicted octanol–water partition coefficient (Wildman–Crippen LogP) is 15.0. The zero-order chi connectivity index (χ0) is 37.4. The molecule has 4 bridgehead atoms. The Morgan fingerprint density at radius 3 is 1.66 bits per heavy atom. The molecule has 0 heterocycles. The van der Waals surface area contributed by atoms with Crippen molar-refractivity contribution in [1.29, 1.82) is 0 Å². The van der Waals surface area contributed by atoms with Gasteiger partial charge in [0.1, 0.15) is 0 Å². The first-order valence-electron chi connectivity index (χ1n) is 21.0. The van der Waals surface area contributed by atoms with E-state index in [0.717, 1.165) is 23.7 Å². The molecule has 0 amide bonds. The molecule has 0 unspecified atom stereocenters. The predicted molar refractivity (Wildman–Crippen MR) is 235 cm³/mol. The normalized spacial score (nSPS) is 22.4. The number of hydrogen-bond acceptors (Lipinski definition) is 1. The van der Waals surface area contributed by atoms with Crippen LogP contribution in [-0.2, 0) is 5.41 Å². The molecule has 1 nitrogen and oxygen atoms in total. The highest BCUT2D eigenvalue weighted by molar-refractivity contribution is 5.96. The summed E-state index contributed by atoms with van der Waals surface area (Å²) in [5.74, 6) is 4.42. The SMILES string of the molecule is CC1(C)c2cc(N(c3ccc(C4C5CC6CC(C5)CC4C6)cc3)c3ccccc3-c3ccccc3-c3ccccc3)ccc2-c2c(-c3ccccc3)cccc21. The minimum absolute atomic E-state index is 0.153. The zero-order valence-electron chi connectivity index (χ0n) is 32.5. The van der Waals surface area contributed by atoms with E-state index in [1.54, 1.807) is 5.56 Å². The van der Waals surface area contributed by atoms with E-state index in [0.29, 0.717) is 5.92 Å². The van der Waals surface area contributed by atoms with E-state index in [1.165, 1.54) is 105 Å². The molecule has 5 aliphatic carbocycles. The summed E-state index contributed by atoms with van der Waals surface area (Å²) in [5.41, 5.74) is 18.0. The summed E-state index contributed by atoms with van der Waals surface area (Å²) in [5, 5.41) is 0. The fourth-order valence-electron chi connectivity index (χ4n) is 12.0. The molecule has 5 aliphatic rings. The van der Waals surface area contributed by atoms with Crippen LogP contribution in [-0.4, -0.2) is 0 Å². The number of rotatable bonds is 7. The van der Waals surface area contributed by atoms with Crippen LogP contribution < -0.4 is 4.90 Å². The lowest BCUT2D eigenvalue weighted by atomic mass is 9.51. The van der Waals surface area contributed by atoms with E-state index >= 15 is 0 Å². The van der Waals surface area contributed by atoms with Crippen LogP contribution in [0.4, 0.5) is 17.1 Å². The molecule has 0 radical (unpaired) electrons. The van der Waals surface area contributed by atoms with Crippen molar-refractivity contribution in [3.63, 3.8) is 0 Å². The Kier molecular flexibility index (Phi) is 7.95. The van der Waals surface area contributed by atoms with E-state index in [-0.39, 0.29) is 5.41 Å². The summed E-state index contributed by atoms with van der Waals surface area (Å²) < 4.78 is 0. The van der Waals surface area contributed by atoms with Crippen molar-refractivity contribution in [2.75, 3.05) is 4.90 Å². The monoisotopic (exact) mass is 723 g/mol. The number of para-hydroxylation sites is 1. The van der Waals surface area contributed by atoms with Crippen LogP contribution in [0.5, 0.6) is 0 Å². The summed E-state index contributed by atoms with van der Waals surface area (Å²) >= 11 is 0. The highest BCUT2D eigenvalue weighted by atomic mass is 15.1. The maximum absolute atomic E-state index is 2.54. The number of fused-ring (bicyclic) bond motifs is 3. The summed E-state index contributed by atoms with van der Waals surface area (Å²) in [7, 11) is 0. The molecular formula is C55H49N. The molecule has 56 heavy (non-hydrogen) atoms. The smallest absolute Gasteiger partial charge is 0.0540 e. The van der Waals surface area contributed by atoms with Gasteiger partial charge in [-0.15, -0.1) is 0 Å². The molecule has 274 valence electrons. The van der Waals surface area contributed by atoms with Gasteiger partial charge in [0.2, 0.25) is 0 Å². The van der Waals surface area contributed by atoms with Crippen LogP contribution in [0.1, 0.15) is 68.6 Å². The molecule has 0 saturated heterocycles. The van der Waals surface area contributed by atoms with Gasteiger partial charge < -0.3 is 4.90 Å². The molecule has 1 heteroatoms. The van der Waals surface area contributed by atoms with Crippen LogP contribution in [0.25, 0.3) is 44.5 Å². The lowest BCUT2D eigenvalue weighted by Gasteiger charge is -2.54. The third-order valence-corrected chi connectivity index (χ3v) is 14.2. The highest BCUT2D eigenvalue weighted by Crippen LogP contribution is 2.60. The topological polar surface area (TPSA) is 3.24 Å². The average Bonchev–Trinajstić information content (AvgIpc) is 3.47. The quantitative estimate of drug-likeness (QED) is 0.158. The second-order valence-corrected chi connectivity index (χ2v) is 17.8. The fraction of sp³-hybridized carbons (Fsp3) is 0.236. The van der Waals surface area contributed by atoms with Crippen LogP contribution in [0.3, 0.4) is 0 Å². The molecule has 0 aliphatic heterocycles. The molecule has 12 rings (SSSR count). The third-order valence-electron chi connectivity index (χ3n) is 14.2. The van der Waals surface area contributed by atoms with Crippen molar-refractivity contribution in [3.05, 3.63) is 187 Å². The summed E-state index contributed by atoms with van der Waals surface area (Å²) in [6.07, 6.45) is 7.27. The minimum Gasteiger partial charge on any atom is -0.310 e. The van der Waals surface area contributed by atoms with E-state index in [1.807, 2.05) is 0 Å². The second-order valence-electron chi connectivity index (χ2n) is 17.8. The summed E-state index contributed by atoms with van der Waals surface area (Å²) in [6, 6.07) is 63.7. The Morgan fingerprint density at radius 1 is 0.429 bits per heavy atom. The van der Waals surface area contributed by atoms with Gasteiger partial charge in [-0.05, 0) is 148 Å². The second kappa shape index (κ2) is 13.2. The molecule has 0 aromatic heterocycles. The van der Waals surface area contributed by atoms with Gasteiger partial charge >= 0.3 is 0 Å². The van der Waals surface area contributed by atoms with Crippen LogP contribution in [0.2, 0.25) is 0 Å². The molecular weight excluding hydrogens is 675 g/mol. The number of hydrogen-bond donors (Lipinski definition) is 0. The Hall–Kier alpha value is -5.66. The third kappa shape index (κ3) is 5.42. The van der Waals surface area contributed by atoms with E-state index in [9.17, 15) is 0 Å². The Bertz CT molecular complexity index is 2530. The van der Waals surface area contributed by atoms with Crippen LogP contribution in [0.15, 0.2) is 170 Å². The van der Waals surface area contributed by atoms with Gasteiger partial charge in [-0.25, -0.2) is 0 Å². The molecule has 0 N–H and O–H groups in total. The van der Waals surface area contributed by atoms with E-state index in [2.05, 4.69) is 189 Å². The van der Waals surface area contributed by atoms with Gasteiger partial charge in [-0.2, -0.15) is 0 Å². The van der Waals surface area contributed by atoms with Gasteiger partial charge in [0.15, 0.2) is 0 Å². The Labute approximate surface area is 332 Å². The van der Waals surface area contributed by atoms with Gasteiger partial charge in [-0.3, -0.25) is 0 Å². The molecule has 4 saturated carbocycles. The number of nitrogens with zero attached hydrogens (tertiary/aromatic N) is 1.